The van der Waals surface area contributed by atoms with Gasteiger partial charge in [0, 0.05) is 19.7 Å². The summed E-state index contributed by atoms with van der Waals surface area (Å²) in [7, 11) is 0. The van der Waals surface area contributed by atoms with Crippen molar-refractivity contribution in [2.24, 2.45) is 17.8 Å². The van der Waals surface area contributed by atoms with Crippen LogP contribution in [0.2, 0.25) is 0 Å². The molecule has 2 saturated heterocycles. The first kappa shape index (κ1) is 15.7. The lowest BCUT2D eigenvalue weighted by atomic mass is 9.92. The molecule has 1 aliphatic carbocycles. The fraction of sp³-hybridized carbons (Fsp3) is 0.875. The third-order valence-electron chi connectivity index (χ3n) is 5.13. The van der Waals surface area contributed by atoms with Crippen molar-refractivity contribution in [3.05, 3.63) is 0 Å². The number of rotatable bonds is 6. The first-order valence-electron chi connectivity index (χ1n) is 8.31. The van der Waals surface area contributed by atoms with Crippen LogP contribution in [0.25, 0.3) is 0 Å². The Morgan fingerprint density at radius 2 is 2.09 bits per heavy atom. The smallest absolute Gasteiger partial charge is 0.308 e. The number of aliphatic carboxylic acids is 1. The van der Waals surface area contributed by atoms with Crippen LogP contribution in [0.3, 0.4) is 0 Å². The van der Waals surface area contributed by atoms with Crippen LogP contribution in [0.15, 0.2) is 0 Å². The Hall–Kier alpha value is -1.14. The van der Waals surface area contributed by atoms with Gasteiger partial charge < -0.3 is 19.5 Å². The minimum Gasteiger partial charge on any atom is -0.481 e. The van der Waals surface area contributed by atoms with Crippen LogP contribution >= 0.6 is 0 Å². The van der Waals surface area contributed by atoms with E-state index in [1.54, 1.807) is 11.8 Å². The third kappa shape index (κ3) is 3.43. The molecule has 2 aliphatic heterocycles. The fourth-order valence-electron chi connectivity index (χ4n) is 3.63. The molecular weight excluding hydrogens is 286 g/mol. The molecule has 0 spiro atoms. The summed E-state index contributed by atoms with van der Waals surface area (Å²) in [6, 6.07) is 0. The summed E-state index contributed by atoms with van der Waals surface area (Å²) in [5.41, 5.74) is 0. The average molecular weight is 311 g/mol. The topological polar surface area (TPSA) is 76.1 Å². The Morgan fingerprint density at radius 1 is 1.32 bits per heavy atom. The van der Waals surface area contributed by atoms with E-state index in [-0.39, 0.29) is 17.9 Å². The number of carbonyl (C=O) groups is 2. The maximum absolute atomic E-state index is 12.5. The molecule has 4 atom stereocenters. The number of hydrogen-bond donors (Lipinski definition) is 1. The van der Waals surface area contributed by atoms with Crippen molar-refractivity contribution in [2.75, 3.05) is 26.3 Å². The second-order valence-corrected chi connectivity index (χ2v) is 6.80. The molecule has 3 aliphatic rings. The van der Waals surface area contributed by atoms with E-state index in [1.165, 1.54) is 0 Å². The van der Waals surface area contributed by atoms with Gasteiger partial charge in [-0.1, -0.05) is 0 Å². The summed E-state index contributed by atoms with van der Waals surface area (Å²) in [6.07, 6.45) is 3.79. The molecular formula is C16H25NO5. The van der Waals surface area contributed by atoms with Gasteiger partial charge in [-0.2, -0.15) is 0 Å². The van der Waals surface area contributed by atoms with Crippen molar-refractivity contribution in [1.29, 1.82) is 0 Å². The fourth-order valence-corrected chi connectivity index (χ4v) is 3.63. The third-order valence-corrected chi connectivity index (χ3v) is 5.13. The first-order valence-corrected chi connectivity index (χ1v) is 8.31. The summed E-state index contributed by atoms with van der Waals surface area (Å²) >= 11 is 0. The number of nitrogens with zero attached hydrogens (tertiary/aromatic N) is 1. The van der Waals surface area contributed by atoms with Gasteiger partial charge in [0.2, 0.25) is 0 Å². The maximum atomic E-state index is 12.5. The Kier molecular flexibility index (Phi) is 4.68. The number of likely N-dealkylation sites (tertiary alicyclic amines) is 1. The van der Waals surface area contributed by atoms with E-state index < -0.39 is 18.0 Å². The van der Waals surface area contributed by atoms with Gasteiger partial charge in [0.1, 0.15) is 6.10 Å². The second kappa shape index (κ2) is 6.54. The predicted octanol–water partition coefficient (Wildman–Crippen LogP) is 1.14. The van der Waals surface area contributed by atoms with Gasteiger partial charge in [0.15, 0.2) is 0 Å². The van der Waals surface area contributed by atoms with Crippen molar-refractivity contribution in [3.8, 4) is 0 Å². The number of carboxylic acids is 1. The normalized spacial score (nSPS) is 33.1. The van der Waals surface area contributed by atoms with Crippen molar-refractivity contribution < 1.29 is 24.2 Å². The highest BCUT2D eigenvalue weighted by atomic mass is 16.5. The largest absolute Gasteiger partial charge is 0.481 e. The highest BCUT2D eigenvalue weighted by Crippen LogP contribution is 2.44. The van der Waals surface area contributed by atoms with E-state index in [1.807, 2.05) is 0 Å². The quantitative estimate of drug-likeness (QED) is 0.796. The van der Waals surface area contributed by atoms with Crippen molar-refractivity contribution in [1.82, 2.24) is 4.90 Å². The van der Waals surface area contributed by atoms with Crippen LogP contribution in [0, 0.1) is 17.8 Å². The Bertz CT molecular complexity index is 430. The molecule has 124 valence electrons. The molecule has 0 radical (unpaired) electrons. The SMILES string of the molecule is CC(OCC1CCCO1)C(=O)N1C[C@H](C(=O)O)[C@@H](C2CC2)C1. The monoisotopic (exact) mass is 311 g/mol. The summed E-state index contributed by atoms with van der Waals surface area (Å²) in [5.74, 6) is -0.678. The van der Waals surface area contributed by atoms with Gasteiger partial charge in [0.05, 0.1) is 18.6 Å². The van der Waals surface area contributed by atoms with Crippen molar-refractivity contribution in [3.63, 3.8) is 0 Å². The van der Waals surface area contributed by atoms with E-state index in [4.69, 9.17) is 9.47 Å². The van der Waals surface area contributed by atoms with E-state index in [0.29, 0.717) is 25.6 Å². The Morgan fingerprint density at radius 3 is 2.68 bits per heavy atom. The van der Waals surface area contributed by atoms with Gasteiger partial charge in [-0.15, -0.1) is 0 Å². The number of ether oxygens (including phenoxy) is 2. The molecule has 2 unspecified atom stereocenters. The van der Waals surface area contributed by atoms with Crippen LogP contribution in [0.5, 0.6) is 0 Å². The minimum atomic E-state index is -0.778. The van der Waals surface area contributed by atoms with Gasteiger partial charge >= 0.3 is 5.97 Å². The number of carbonyl (C=O) groups excluding carboxylic acids is 1. The summed E-state index contributed by atoms with van der Waals surface area (Å²) < 4.78 is 11.1. The molecule has 1 N–H and O–H groups in total. The van der Waals surface area contributed by atoms with Crippen molar-refractivity contribution in [2.45, 2.75) is 44.8 Å². The second-order valence-electron chi connectivity index (χ2n) is 6.80. The van der Waals surface area contributed by atoms with Gasteiger partial charge in [-0.25, -0.2) is 0 Å². The average Bonchev–Trinajstić information content (AvgIpc) is 3.04. The first-order chi connectivity index (χ1) is 10.6. The lowest BCUT2D eigenvalue weighted by molar-refractivity contribution is -0.145. The summed E-state index contributed by atoms with van der Waals surface area (Å²) in [5, 5.41) is 9.36. The highest BCUT2D eigenvalue weighted by Gasteiger charge is 2.47. The summed E-state index contributed by atoms with van der Waals surface area (Å²) in [4.78, 5) is 25.6. The Balaban J connectivity index is 1.51. The number of carboxylic acid groups (broad SMARTS) is 1. The van der Waals surface area contributed by atoms with Crippen molar-refractivity contribution >= 4 is 11.9 Å². The number of amides is 1. The van der Waals surface area contributed by atoms with Gasteiger partial charge in [0.25, 0.3) is 5.91 Å². The van der Waals surface area contributed by atoms with E-state index in [9.17, 15) is 14.7 Å². The molecule has 0 aromatic carbocycles. The zero-order valence-electron chi connectivity index (χ0n) is 13.1. The molecule has 2 heterocycles. The molecule has 0 aromatic rings. The number of hydrogen-bond acceptors (Lipinski definition) is 4. The summed E-state index contributed by atoms with van der Waals surface area (Å²) in [6.45, 7) is 3.84. The molecule has 6 heteroatoms. The highest BCUT2D eigenvalue weighted by molar-refractivity contribution is 5.82. The van der Waals surface area contributed by atoms with Crippen LogP contribution in [-0.4, -0.2) is 60.4 Å². The van der Waals surface area contributed by atoms with Crippen LogP contribution in [0.1, 0.15) is 32.6 Å². The lowest BCUT2D eigenvalue weighted by Gasteiger charge is -2.22. The molecule has 22 heavy (non-hydrogen) atoms. The molecule has 3 fully saturated rings. The minimum absolute atomic E-state index is 0.0904. The zero-order chi connectivity index (χ0) is 15.7. The molecule has 6 nitrogen and oxygen atoms in total. The molecule has 3 rings (SSSR count). The van der Waals surface area contributed by atoms with E-state index in [0.717, 1.165) is 32.3 Å². The molecule has 1 saturated carbocycles. The molecule has 0 bridgehead atoms. The van der Waals surface area contributed by atoms with Gasteiger partial charge in [-0.3, -0.25) is 9.59 Å². The van der Waals surface area contributed by atoms with Gasteiger partial charge in [-0.05, 0) is 44.4 Å². The van der Waals surface area contributed by atoms with E-state index in [2.05, 4.69) is 0 Å². The maximum Gasteiger partial charge on any atom is 0.308 e. The Labute approximate surface area is 130 Å². The lowest BCUT2D eigenvalue weighted by Crippen LogP contribution is -2.39. The van der Waals surface area contributed by atoms with Crippen LogP contribution < -0.4 is 0 Å². The predicted molar refractivity (Wildman–Crippen MR) is 78.3 cm³/mol. The zero-order valence-corrected chi connectivity index (χ0v) is 13.1. The standard InChI is InChI=1S/C16H25NO5/c1-10(22-9-12-3-2-6-21-12)15(18)17-7-13(11-4-5-11)14(8-17)16(19)20/h10-14H,2-9H2,1H3,(H,19,20)/t10?,12?,13-,14+/m1/s1. The molecule has 0 aromatic heterocycles. The van der Waals surface area contributed by atoms with Crippen LogP contribution in [-0.2, 0) is 19.1 Å². The molecule has 1 amide bonds. The van der Waals surface area contributed by atoms with E-state index >= 15 is 0 Å². The van der Waals surface area contributed by atoms with Crippen LogP contribution in [0.4, 0.5) is 0 Å².